The molecule has 2 saturated heterocycles. The topological polar surface area (TPSA) is 38.5 Å². The Labute approximate surface area is 78.8 Å². The van der Waals surface area contributed by atoms with E-state index in [0.29, 0.717) is 0 Å². The van der Waals surface area contributed by atoms with Gasteiger partial charge in [-0.25, -0.2) is 0 Å². The summed E-state index contributed by atoms with van der Waals surface area (Å²) in [5.41, 5.74) is 6.30. The van der Waals surface area contributed by atoms with Gasteiger partial charge in [0.2, 0.25) is 0 Å². The summed E-state index contributed by atoms with van der Waals surface area (Å²) >= 11 is 4.32. The van der Waals surface area contributed by atoms with Crippen molar-refractivity contribution >= 4 is 12.8 Å². The molecule has 1 spiro atoms. The zero-order chi connectivity index (χ0) is 8.60. The van der Waals surface area contributed by atoms with Gasteiger partial charge < -0.3 is 10.5 Å². The van der Waals surface area contributed by atoms with Crippen LogP contribution in [0, 0.1) is 5.41 Å². The first-order valence-corrected chi connectivity index (χ1v) is 4.90. The van der Waals surface area contributed by atoms with E-state index in [0.717, 1.165) is 39.1 Å². The molecule has 0 aliphatic carbocycles. The van der Waals surface area contributed by atoms with E-state index in [2.05, 4.69) is 17.1 Å². The van der Waals surface area contributed by atoms with Crippen LogP contribution in [0.15, 0.2) is 0 Å². The summed E-state index contributed by atoms with van der Waals surface area (Å²) < 4.78 is 7.48. The fourth-order valence-corrected chi connectivity index (χ4v) is 2.33. The van der Waals surface area contributed by atoms with Gasteiger partial charge in [-0.15, -0.1) is 0 Å². The number of nitrogens with two attached hydrogens (primary N) is 1. The summed E-state index contributed by atoms with van der Waals surface area (Å²) in [6.45, 7) is 3.68. The first kappa shape index (κ1) is 8.81. The highest BCUT2D eigenvalue weighted by molar-refractivity contribution is 7.77. The first-order chi connectivity index (χ1) is 5.73. The molecule has 2 heterocycles. The number of thiol groups is 1. The molecular formula is C8H16N2OS. The third kappa shape index (κ3) is 1.37. The summed E-state index contributed by atoms with van der Waals surface area (Å²) in [5, 5.41) is 0. The van der Waals surface area contributed by atoms with Crippen LogP contribution in [0.5, 0.6) is 0 Å². The van der Waals surface area contributed by atoms with Crippen molar-refractivity contribution in [3.05, 3.63) is 0 Å². The van der Waals surface area contributed by atoms with Gasteiger partial charge in [-0.3, -0.25) is 4.31 Å². The number of ether oxygens (including phenoxy) is 1. The highest BCUT2D eigenvalue weighted by atomic mass is 32.1. The van der Waals surface area contributed by atoms with E-state index >= 15 is 0 Å². The highest BCUT2D eigenvalue weighted by Gasteiger charge is 2.43. The van der Waals surface area contributed by atoms with Gasteiger partial charge in [0.1, 0.15) is 0 Å². The molecule has 70 valence electrons. The molecule has 2 aliphatic heterocycles. The monoisotopic (exact) mass is 188 g/mol. The molecule has 0 amide bonds. The maximum Gasteiger partial charge on any atom is 0.0624 e. The van der Waals surface area contributed by atoms with Gasteiger partial charge in [0.15, 0.2) is 0 Å². The minimum Gasteiger partial charge on any atom is -0.379 e. The number of hydrogen-bond donors (Lipinski definition) is 2. The molecule has 2 rings (SSSR count). The second-order valence-electron chi connectivity index (χ2n) is 3.94. The van der Waals surface area contributed by atoms with Crippen LogP contribution >= 0.6 is 12.8 Å². The molecule has 2 fully saturated rings. The van der Waals surface area contributed by atoms with Crippen LogP contribution < -0.4 is 5.73 Å². The Morgan fingerprint density at radius 2 is 2.08 bits per heavy atom. The lowest BCUT2D eigenvalue weighted by Crippen LogP contribution is -2.47. The lowest BCUT2D eigenvalue weighted by molar-refractivity contribution is 0.108. The predicted octanol–water partition coefficient (Wildman–Crippen LogP) is 0.271. The lowest BCUT2D eigenvalue weighted by atomic mass is 9.75. The van der Waals surface area contributed by atoms with E-state index in [1.807, 2.05) is 0 Å². The van der Waals surface area contributed by atoms with Crippen LogP contribution in [0.1, 0.15) is 12.8 Å². The van der Waals surface area contributed by atoms with Gasteiger partial charge in [0, 0.05) is 24.5 Å². The molecule has 0 saturated carbocycles. The third-order valence-electron chi connectivity index (χ3n) is 3.21. The molecule has 3 nitrogen and oxygen atoms in total. The summed E-state index contributed by atoms with van der Waals surface area (Å²) in [6.07, 6.45) is 2.27. The van der Waals surface area contributed by atoms with E-state index in [9.17, 15) is 0 Å². The Hall–Kier alpha value is 0.230. The van der Waals surface area contributed by atoms with Crippen LogP contribution in [0.25, 0.3) is 0 Å². The predicted molar refractivity (Wildman–Crippen MR) is 51.0 cm³/mol. The number of piperidine rings is 1. The maximum absolute atomic E-state index is 6.02. The lowest BCUT2D eigenvalue weighted by Gasteiger charge is -2.38. The van der Waals surface area contributed by atoms with Crippen LogP contribution in [-0.4, -0.2) is 36.7 Å². The Morgan fingerprint density at radius 1 is 1.42 bits per heavy atom. The van der Waals surface area contributed by atoms with Crippen molar-refractivity contribution in [3.8, 4) is 0 Å². The van der Waals surface area contributed by atoms with E-state index in [1.165, 1.54) is 0 Å². The first-order valence-electron chi connectivity index (χ1n) is 4.50. The molecule has 0 bridgehead atoms. The average molecular weight is 188 g/mol. The highest BCUT2D eigenvalue weighted by Crippen LogP contribution is 2.38. The fraction of sp³-hybridized carbons (Fsp3) is 1.00. The molecule has 0 aromatic carbocycles. The van der Waals surface area contributed by atoms with Crippen LogP contribution in [-0.2, 0) is 4.74 Å². The zero-order valence-electron chi connectivity index (χ0n) is 7.20. The van der Waals surface area contributed by atoms with Crippen LogP contribution in [0.2, 0.25) is 0 Å². The van der Waals surface area contributed by atoms with E-state index in [4.69, 9.17) is 10.5 Å². The molecule has 4 heteroatoms. The van der Waals surface area contributed by atoms with Crippen molar-refractivity contribution in [3.63, 3.8) is 0 Å². The molecule has 1 atom stereocenters. The normalized spacial score (nSPS) is 36.0. The maximum atomic E-state index is 6.02. The molecule has 2 aliphatic rings. The van der Waals surface area contributed by atoms with E-state index < -0.39 is 0 Å². The average Bonchev–Trinajstić information content (AvgIpc) is 2.41. The Bertz CT molecular complexity index is 168. The number of nitrogens with zero attached hydrogens (tertiary/aromatic N) is 1. The SMILES string of the molecule is N[C@@H]1COCC12CCN(S)CC2. The van der Waals surface area contributed by atoms with Crippen molar-refractivity contribution in [1.82, 2.24) is 4.31 Å². The smallest absolute Gasteiger partial charge is 0.0624 e. The second-order valence-corrected chi connectivity index (χ2v) is 4.50. The van der Waals surface area contributed by atoms with Crippen LogP contribution in [0.3, 0.4) is 0 Å². The van der Waals surface area contributed by atoms with Crippen molar-refractivity contribution in [2.45, 2.75) is 18.9 Å². The van der Waals surface area contributed by atoms with Gasteiger partial charge in [-0.1, -0.05) is 12.8 Å². The largest absolute Gasteiger partial charge is 0.379 e. The van der Waals surface area contributed by atoms with Crippen molar-refractivity contribution in [1.29, 1.82) is 0 Å². The van der Waals surface area contributed by atoms with Gasteiger partial charge in [-0.2, -0.15) is 0 Å². The molecular weight excluding hydrogens is 172 g/mol. The van der Waals surface area contributed by atoms with Crippen molar-refractivity contribution in [2.24, 2.45) is 11.1 Å². The number of rotatable bonds is 0. The summed E-state index contributed by atoms with van der Waals surface area (Å²) in [5.74, 6) is 0. The van der Waals surface area contributed by atoms with Gasteiger partial charge in [0.05, 0.1) is 13.2 Å². The molecule has 0 aromatic heterocycles. The van der Waals surface area contributed by atoms with Crippen LogP contribution in [0.4, 0.5) is 0 Å². The van der Waals surface area contributed by atoms with Crippen molar-refractivity contribution < 1.29 is 4.74 Å². The molecule has 0 radical (unpaired) electrons. The quantitative estimate of drug-likeness (QED) is 0.536. The summed E-state index contributed by atoms with van der Waals surface area (Å²) in [6, 6.07) is 0.250. The van der Waals surface area contributed by atoms with Gasteiger partial charge in [0.25, 0.3) is 0 Å². The minimum absolute atomic E-state index is 0.250. The zero-order valence-corrected chi connectivity index (χ0v) is 8.09. The summed E-state index contributed by atoms with van der Waals surface area (Å²) in [4.78, 5) is 0. The Balaban J connectivity index is 2.02. The summed E-state index contributed by atoms with van der Waals surface area (Å²) in [7, 11) is 0. The second kappa shape index (κ2) is 3.18. The molecule has 2 N–H and O–H groups in total. The van der Waals surface area contributed by atoms with Crippen molar-refractivity contribution in [2.75, 3.05) is 26.3 Å². The molecule has 12 heavy (non-hydrogen) atoms. The van der Waals surface area contributed by atoms with Gasteiger partial charge in [-0.05, 0) is 12.8 Å². The minimum atomic E-state index is 0.250. The number of hydrogen-bond acceptors (Lipinski definition) is 4. The fourth-order valence-electron chi connectivity index (χ4n) is 2.13. The standard InChI is InChI=1S/C8H16N2OS/c9-7-5-11-6-8(7)1-3-10(12)4-2-8/h7,12H,1-6,9H2/t7-/m1/s1. The Morgan fingerprint density at radius 3 is 2.58 bits per heavy atom. The van der Waals surface area contributed by atoms with Gasteiger partial charge >= 0.3 is 0 Å². The van der Waals surface area contributed by atoms with E-state index in [-0.39, 0.29) is 11.5 Å². The molecule has 0 unspecified atom stereocenters. The molecule has 0 aromatic rings. The Kier molecular flexibility index (Phi) is 2.33. The third-order valence-corrected chi connectivity index (χ3v) is 3.61. The van der Waals surface area contributed by atoms with E-state index in [1.54, 1.807) is 0 Å².